The molecule has 120 valence electrons. The molecule has 1 saturated carbocycles. The van der Waals surface area contributed by atoms with E-state index in [9.17, 15) is 9.59 Å². The summed E-state index contributed by atoms with van der Waals surface area (Å²) in [5.41, 5.74) is 6.96. The van der Waals surface area contributed by atoms with Gasteiger partial charge in [-0.1, -0.05) is 36.8 Å². The normalized spacial score (nSPS) is 21.1. The van der Waals surface area contributed by atoms with E-state index in [1.165, 1.54) is 0 Å². The maximum absolute atomic E-state index is 12.0. The summed E-state index contributed by atoms with van der Waals surface area (Å²) in [7, 11) is 0. The van der Waals surface area contributed by atoms with Crippen LogP contribution < -0.4 is 16.4 Å². The Hall–Kier alpha value is -1.88. The highest BCUT2D eigenvalue weighted by Gasteiger charge is 2.24. The van der Waals surface area contributed by atoms with Crippen molar-refractivity contribution < 1.29 is 9.59 Å². The van der Waals surface area contributed by atoms with Gasteiger partial charge in [0.1, 0.15) is 0 Å². The number of benzene rings is 1. The second-order valence-corrected chi connectivity index (χ2v) is 5.93. The maximum atomic E-state index is 12.0. The highest BCUT2D eigenvalue weighted by atomic mass is 16.2. The highest BCUT2D eigenvalue weighted by molar-refractivity contribution is 5.80. The second-order valence-electron chi connectivity index (χ2n) is 5.93. The lowest BCUT2D eigenvalue weighted by Crippen LogP contribution is -2.39. The third-order valence-electron chi connectivity index (χ3n) is 4.07. The first-order valence-corrected chi connectivity index (χ1v) is 7.99. The van der Waals surface area contributed by atoms with Gasteiger partial charge in [-0.05, 0) is 24.8 Å². The summed E-state index contributed by atoms with van der Waals surface area (Å²) in [6, 6.07) is 9.90. The molecule has 1 fully saturated rings. The minimum atomic E-state index is -0.0514. The molecule has 0 saturated heterocycles. The van der Waals surface area contributed by atoms with Crippen LogP contribution in [-0.2, 0) is 16.1 Å². The fraction of sp³-hybridized carbons (Fsp3) is 0.529. The molecule has 1 aliphatic carbocycles. The summed E-state index contributed by atoms with van der Waals surface area (Å²) in [6.07, 6.45) is 3.98. The molecule has 5 heteroatoms. The fourth-order valence-corrected chi connectivity index (χ4v) is 2.79. The van der Waals surface area contributed by atoms with Gasteiger partial charge >= 0.3 is 0 Å². The van der Waals surface area contributed by atoms with Gasteiger partial charge in [0, 0.05) is 31.5 Å². The van der Waals surface area contributed by atoms with Crippen LogP contribution in [0, 0.1) is 5.92 Å². The molecule has 0 bridgehead atoms. The smallest absolute Gasteiger partial charge is 0.223 e. The molecule has 0 radical (unpaired) electrons. The Morgan fingerprint density at radius 1 is 1.14 bits per heavy atom. The molecule has 0 heterocycles. The van der Waals surface area contributed by atoms with Crippen LogP contribution in [0.2, 0.25) is 0 Å². The molecule has 0 aliphatic heterocycles. The molecule has 0 aromatic heterocycles. The molecule has 5 nitrogen and oxygen atoms in total. The van der Waals surface area contributed by atoms with Crippen molar-refractivity contribution in [2.75, 3.05) is 6.54 Å². The molecule has 1 aromatic carbocycles. The third-order valence-corrected chi connectivity index (χ3v) is 4.07. The molecule has 2 rings (SSSR count). The van der Waals surface area contributed by atoms with Crippen molar-refractivity contribution in [3.8, 4) is 0 Å². The number of carbonyl (C=O) groups is 2. The zero-order valence-corrected chi connectivity index (χ0v) is 12.9. The minimum absolute atomic E-state index is 0.0103. The van der Waals surface area contributed by atoms with Crippen LogP contribution in [-0.4, -0.2) is 24.4 Å². The van der Waals surface area contributed by atoms with Gasteiger partial charge in [0.15, 0.2) is 0 Å². The molecular weight excluding hydrogens is 278 g/mol. The summed E-state index contributed by atoms with van der Waals surface area (Å²) in [4.78, 5) is 23.7. The second kappa shape index (κ2) is 8.54. The summed E-state index contributed by atoms with van der Waals surface area (Å²) in [5, 5.41) is 5.70. The first-order chi connectivity index (χ1) is 10.6. The van der Waals surface area contributed by atoms with Crippen LogP contribution in [0.1, 0.15) is 37.7 Å². The van der Waals surface area contributed by atoms with E-state index in [-0.39, 0.29) is 23.8 Å². The van der Waals surface area contributed by atoms with E-state index in [1.54, 1.807) is 0 Å². The van der Waals surface area contributed by atoms with Crippen molar-refractivity contribution in [2.24, 2.45) is 11.7 Å². The van der Waals surface area contributed by atoms with Gasteiger partial charge in [-0.2, -0.15) is 0 Å². The van der Waals surface area contributed by atoms with E-state index in [2.05, 4.69) is 10.6 Å². The fourth-order valence-electron chi connectivity index (χ4n) is 2.79. The van der Waals surface area contributed by atoms with Crippen molar-refractivity contribution in [2.45, 2.75) is 44.7 Å². The van der Waals surface area contributed by atoms with Crippen molar-refractivity contribution in [1.29, 1.82) is 0 Å². The lowest BCUT2D eigenvalue weighted by atomic mass is 9.85. The van der Waals surface area contributed by atoms with E-state index < -0.39 is 0 Å². The molecule has 0 spiro atoms. The Bertz CT molecular complexity index is 490. The first kappa shape index (κ1) is 16.5. The van der Waals surface area contributed by atoms with Crippen molar-refractivity contribution in [3.63, 3.8) is 0 Å². The van der Waals surface area contributed by atoms with Crippen LogP contribution in [0.4, 0.5) is 0 Å². The Labute approximate surface area is 131 Å². The molecule has 2 unspecified atom stereocenters. The van der Waals surface area contributed by atoms with Gasteiger partial charge in [0.2, 0.25) is 11.8 Å². The lowest BCUT2D eigenvalue weighted by molar-refractivity contribution is -0.126. The van der Waals surface area contributed by atoms with Crippen LogP contribution >= 0.6 is 0 Å². The number of hydrogen-bond acceptors (Lipinski definition) is 3. The Morgan fingerprint density at radius 2 is 1.91 bits per heavy atom. The molecule has 2 amide bonds. The van der Waals surface area contributed by atoms with E-state index in [0.29, 0.717) is 19.5 Å². The van der Waals surface area contributed by atoms with E-state index in [4.69, 9.17) is 5.73 Å². The summed E-state index contributed by atoms with van der Waals surface area (Å²) in [6.45, 7) is 0.899. The topological polar surface area (TPSA) is 84.2 Å². The van der Waals surface area contributed by atoms with Crippen LogP contribution in [0.15, 0.2) is 30.3 Å². The first-order valence-electron chi connectivity index (χ1n) is 7.99. The standard InChI is InChI=1S/C17H25N3O2/c18-15-8-4-7-14(11-15)17(22)19-10-9-16(21)20-12-13-5-2-1-3-6-13/h1-3,5-6,14-15H,4,7-12,18H2,(H,19,22)(H,20,21). The van der Waals surface area contributed by atoms with E-state index >= 15 is 0 Å². The number of nitrogens with two attached hydrogens (primary N) is 1. The van der Waals surface area contributed by atoms with Gasteiger partial charge in [-0.25, -0.2) is 0 Å². The predicted molar refractivity (Wildman–Crippen MR) is 85.8 cm³/mol. The van der Waals surface area contributed by atoms with Gasteiger partial charge in [-0.15, -0.1) is 0 Å². The molecule has 1 aliphatic rings. The maximum Gasteiger partial charge on any atom is 0.223 e. The average molecular weight is 303 g/mol. The zero-order valence-electron chi connectivity index (χ0n) is 12.9. The summed E-state index contributed by atoms with van der Waals surface area (Å²) >= 11 is 0. The van der Waals surface area contributed by atoms with Gasteiger partial charge in [-0.3, -0.25) is 9.59 Å². The van der Waals surface area contributed by atoms with Crippen LogP contribution in [0.3, 0.4) is 0 Å². The number of amides is 2. The third kappa shape index (κ3) is 5.48. The SMILES string of the molecule is NC1CCCC(C(=O)NCCC(=O)NCc2ccccc2)C1. The number of rotatable bonds is 6. The predicted octanol–water partition coefficient (Wildman–Crippen LogP) is 1.33. The highest BCUT2D eigenvalue weighted by Crippen LogP contribution is 2.22. The average Bonchev–Trinajstić information content (AvgIpc) is 2.54. The van der Waals surface area contributed by atoms with Crippen LogP contribution in [0.5, 0.6) is 0 Å². The van der Waals surface area contributed by atoms with Gasteiger partial charge in [0.05, 0.1) is 0 Å². The quantitative estimate of drug-likeness (QED) is 0.741. The molecule has 2 atom stereocenters. The summed E-state index contributed by atoms with van der Waals surface area (Å²) < 4.78 is 0. The Morgan fingerprint density at radius 3 is 2.64 bits per heavy atom. The Balaban J connectivity index is 1.61. The van der Waals surface area contributed by atoms with Gasteiger partial charge < -0.3 is 16.4 Å². The molecule has 4 N–H and O–H groups in total. The molecule has 22 heavy (non-hydrogen) atoms. The lowest BCUT2D eigenvalue weighted by Gasteiger charge is -2.25. The molecule has 1 aromatic rings. The van der Waals surface area contributed by atoms with Gasteiger partial charge in [0.25, 0.3) is 0 Å². The number of nitrogens with one attached hydrogen (secondary N) is 2. The summed E-state index contributed by atoms with van der Waals surface area (Å²) in [5.74, 6) is -0.00774. The number of carbonyl (C=O) groups excluding carboxylic acids is 2. The minimum Gasteiger partial charge on any atom is -0.355 e. The van der Waals surface area contributed by atoms with Crippen molar-refractivity contribution in [1.82, 2.24) is 10.6 Å². The zero-order chi connectivity index (χ0) is 15.8. The van der Waals surface area contributed by atoms with Crippen molar-refractivity contribution in [3.05, 3.63) is 35.9 Å². The monoisotopic (exact) mass is 303 g/mol. The van der Waals surface area contributed by atoms with Crippen molar-refractivity contribution >= 4 is 11.8 Å². The van der Waals surface area contributed by atoms with E-state index in [1.807, 2.05) is 30.3 Å². The Kier molecular flexibility index (Phi) is 6.40. The largest absolute Gasteiger partial charge is 0.355 e. The molecular formula is C17H25N3O2. The van der Waals surface area contributed by atoms with E-state index in [0.717, 1.165) is 31.2 Å². The number of hydrogen-bond donors (Lipinski definition) is 3. The van der Waals surface area contributed by atoms with Crippen LogP contribution in [0.25, 0.3) is 0 Å².